The number of likely N-dealkylation sites (tertiary alicyclic amines) is 1. The Morgan fingerprint density at radius 1 is 0.938 bits per heavy atom. The van der Waals surface area contributed by atoms with Gasteiger partial charge in [0, 0.05) is 50.7 Å². The highest BCUT2D eigenvalue weighted by molar-refractivity contribution is 5.96. The molecule has 1 aromatic carbocycles. The second-order valence-corrected chi connectivity index (χ2v) is 9.00. The van der Waals surface area contributed by atoms with Gasteiger partial charge in [0.05, 0.1) is 7.11 Å². The lowest BCUT2D eigenvalue weighted by Crippen LogP contribution is -2.50. The molecule has 0 N–H and O–H groups in total. The largest absolute Gasteiger partial charge is 0.490 e. The molecule has 1 aromatic heterocycles. The maximum absolute atomic E-state index is 12.9. The maximum atomic E-state index is 12.9. The number of hydrogen-bond donors (Lipinski definition) is 0. The predicted molar refractivity (Wildman–Crippen MR) is 119 cm³/mol. The summed E-state index contributed by atoms with van der Waals surface area (Å²) >= 11 is 0. The molecule has 0 atom stereocenters. The number of ether oxygens (including phenoxy) is 2. The fourth-order valence-corrected chi connectivity index (χ4v) is 4.88. The molecule has 2 aromatic rings. The number of rotatable bonds is 4. The van der Waals surface area contributed by atoms with Gasteiger partial charge in [-0.05, 0) is 49.9 Å². The van der Waals surface area contributed by atoms with Gasteiger partial charge in [0.2, 0.25) is 0 Å². The second kappa shape index (κ2) is 9.02. The molecule has 8 heteroatoms. The number of methoxy groups -OCH3 is 1. The molecule has 0 spiro atoms. The van der Waals surface area contributed by atoms with Crippen molar-refractivity contribution in [3.63, 3.8) is 0 Å². The van der Waals surface area contributed by atoms with E-state index in [9.17, 15) is 9.59 Å². The Morgan fingerprint density at radius 3 is 2.31 bits per heavy atom. The van der Waals surface area contributed by atoms with E-state index in [1.165, 1.54) is 26.4 Å². The number of piperazine rings is 1. The monoisotopic (exact) mass is 441 g/mol. The SMILES string of the molecule is COC(=O)N1CCN(C(=O)c2cc3cc(OC4CCN(C5CCC5)CC4)ccc3o2)CC1. The summed E-state index contributed by atoms with van der Waals surface area (Å²) in [6, 6.07) is 8.35. The van der Waals surface area contributed by atoms with E-state index < -0.39 is 0 Å². The Morgan fingerprint density at radius 2 is 1.66 bits per heavy atom. The van der Waals surface area contributed by atoms with Crippen molar-refractivity contribution in [2.24, 2.45) is 0 Å². The molecule has 3 fully saturated rings. The number of furan rings is 1. The van der Waals surface area contributed by atoms with Gasteiger partial charge in [-0.25, -0.2) is 4.79 Å². The smallest absolute Gasteiger partial charge is 0.409 e. The standard InChI is InChI=1S/C24H31N3O5/c1-30-24(29)27-13-11-26(12-14-27)23(28)22-16-17-15-20(5-6-21(17)32-22)31-19-7-9-25(10-8-19)18-3-2-4-18/h5-6,15-16,18-19H,2-4,7-14H2,1H3. The minimum Gasteiger partial charge on any atom is -0.490 e. The molecule has 0 radical (unpaired) electrons. The Labute approximate surface area is 188 Å². The Balaban J connectivity index is 1.19. The van der Waals surface area contributed by atoms with E-state index >= 15 is 0 Å². The summed E-state index contributed by atoms with van der Waals surface area (Å²) in [4.78, 5) is 30.5. The summed E-state index contributed by atoms with van der Waals surface area (Å²) in [6.45, 7) is 4.06. The molecule has 2 amide bonds. The summed E-state index contributed by atoms with van der Waals surface area (Å²) in [7, 11) is 1.37. The number of benzene rings is 1. The topological polar surface area (TPSA) is 75.5 Å². The van der Waals surface area contributed by atoms with Crippen molar-refractivity contribution in [3.05, 3.63) is 30.0 Å². The molecule has 8 nitrogen and oxygen atoms in total. The van der Waals surface area contributed by atoms with Gasteiger partial charge in [-0.2, -0.15) is 0 Å². The van der Waals surface area contributed by atoms with E-state index in [4.69, 9.17) is 13.9 Å². The summed E-state index contributed by atoms with van der Waals surface area (Å²) < 4.78 is 16.8. The molecule has 3 heterocycles. The lowest BCUT2D eigenvalue weighted by Gasteiger charge is -2.41. The van der Waals surface area contributed by atoms with Gasteiger partial charge in [-0.3, -0.25) is 4.79 Å². The van der Waals surface area contributed by atoms with Gasteiger partial charge < -0.3 is 28.6 Å². The molecule has 1 aliphatic carbocycles. The third kappa shape index (κ3) is 4.28. The first-order valence-corrected chi connectivity index (χ1v) is 11.7. The highest BCUT2D eigenvalue weighted by Gasteiger charge is 2.30. The molecule has 2 aliphatic heterocycles. The zero-order valence-corrected chi connectivity index (χ0v) is 18.6. The van der Waals surface area contributed by atoms with Crippen molar-refractivity contribution >= 4 is 23.0 Å². The van der Waals surface area contributed by atoms with Crippen molar-refractivity contribution in [1.29, 1.82) is 0 Å². The zero-order valence-electron chi connectivity index (χ0n) is 18.6. The minimum atomic E-state index is -0.359. The van der Waals surface area contributed by atoms with E-state index in [0.717, 1.165) is 43.1 Å². The molecule has 2 saturated heterocycles. The van der Waals surface area contributed by atoms with Crippen molar-refractivity contribution in [1.82, 2.24) is 14.7 Å². The molecule has 0 bridgehead atoms. The van der Waals surface area contributed by atoms with Gasteiger partial charge in [-0.15, -0.1) is 0 Å². The first kappa shape index (κ1) is 21.1. The number of nitrogens with zero attached hydrogens (tertiary/aromatic N) is 3. The van der Waals surface area contributed by atoms with Crippen LogP contribution in [0, 0.1) is 0 Å². The summed E-state index contributed by atoms with van der Waals surface area (Å²) in [5, 5.41) is 0.867. The molecule has 0 unspecified atom stereocenters. The fourth-order valence-electron chi connectivity index (χ4n) is 4.88. The van der Waals surface area contributed by atoms with Crippen LogP contribution in [0.5, 0.6) is 5.75 Å². The summed E-state index contributed by atoms with van der Waals surface area (Å²) in [6.07, 6.45) is 6.07. The number of hydrogen-bond acceptors (Lipinski definition) is 6. The van der Waals surface area contributed by atoms with Gasteiger partial charge >= 0.3 is 6.09 Å². The number of carbonyl (C=O) groups is 2. The molecular weight excluding hydrogens is 410 g/mol. The number of fused-ring (bicyclic) bond motifs is 1. The maximum Gasteiger partial charge on any atom is 0.409 e. The van der Waals surface area contributed by atoms with Crippen molar-refractivity contribution in [2.75, 3.05) is 46.4 Å². The highest BCUT2D eigenvalue weighted by atomic mass is 16.5. The van der Waals surface area contributed by atoms with E-state index in [-0.39, 0.29) is 18.1 Å². The third-order valence-corrected chi connectivity index (χ3v) is 7.07. The van der Waals surface area contributed by atoms with Gasteiger partial charge in [0.25, 0.3) is 5.91 Å². The van der Waals surface area contributed by atoms with Crippen LogP contribution in [0.4, 0.5) is 4.79 Å². The van der Waals surface area contributed by atoms with Crippen LogP contribution in [0.2, 0.25) is 0 Å². The van der Waals surface area contributed by atoms with Crippen molar-refractivity contribution in [2.45, 2.75) is 44.2 Å². The van der Waals surface area contributed by atoms with E-state index in [2.05, 4.69) is 4.90 Å². The molecule has 5 rings (SSSR count). The number of amides is 2. The van der Waals surface area contributed by atoms with Crippen LogP contribution in [0.3, 0.4) is 0 Å². The first-order chi connectivity index (χ1) is 15.6. The van der Waals surface area contributed by atoms with Crippen LogP contribution < -0.4 is 4.74 Å². The van der Waals surface area contributed by atoms with Crippen LogP contribution in [0.15, 0.2) is 28.7 Å². The average molecular weight is 442 g/mol. The molecule has 32 heavy (non-hydrogen) atoms. The lowest BCUT2D eigenvalue weighted by atomic mass is 9.90. The van der Waals surface area contributed by atoms with Crippen molar-refractivity contribution < 1.29 is 23.5 Å². The quantitative estimate of drug-likeness (QED) is 0.724. The molecular formula is C24H31N3O5. The minimum absolute atomic E-state index is 0.156. The molecule has 3 aliphatic rings. The van der Waals surface area contributed by atoms with Gasteiger partial charge in [-0.1, -0.05) is 6.42 Å². The van der Waals surface area contributed by atoms with Gasteiger partial charge in [0.15, 0.2) is 5.76 Å². The van der Waals surface area contributed by atoms with E-state index in [0.29, 0.717) is 37.5 Å². The lowest BCUT2D eigenvalue weighted by molar-refractivity contribution is 0.0494. The summed E-state index contributed by atoms with van der Waals surface area (Å²) in [5.41, 5.74) is 0.675. The fraction of sp³-hybridized carbons (Fsp3) is 0.583. The Kier molecular flexibility index (Phi) is 5.95. The van der Waals surface area contributed by atoms with Crippen LogP contribution >= 0.6 is 0 Å². The summed E-state index contributed by atoms with van der Waals surface area (Å²) in [5.74, 6) is 0.986. The number of carbonyl (C=O) groups excluding carboxylic acids is 2. The predicted octanol–water partition coefficient (Wildman–Crippen LogP) is 3.35. The zero-order chi connectivity index (χ0) is 22.1. The molecule has 172 valence electrons. The van der Waals surface area contributed by atoms with Crippen molar-refractivity contribution in [3.8, 4) is 5.75 Å². The van der Waals surface area contributed by atoms with Crippen LogP contribution in [-0.4, -0.2) is 85.2 Å². The van der Waals surface area contributed by atoms with Gasteiger partial charge in [0.1, 0.15) is 17.4 Å². The normalized spacial score (nSPS) is 20.9. The third-order valence-electron chi connectivity index (χ3n) is 7.07. The van der Waals surface area contributed by atoms with Crippen LogP contribution in [0.25, 0.3) is 11.0 Å². The molecule has 1 saturated carbocycles. The van der Waals surface area contributed by atoms with E-state index in [1.54, 1.807) is 15.9 Å². The highest BCUT2D eigenvalue weighted by Crippen LogP contribution is 2.30. The first-order valence-electron chi connectivity index (χ1n) is 11.7. The second-order valence-electron chi connectivity index (χ2n) is 9.00. The number of piperidine rings is 1. The average Bonchev–Trinajstić information content (AvgIpc) is 3.22. The van der Waals surface area contributed by atoms with Crippen LogP contribution in [0.1, 0.15) is 42.7 Å². The van der Waals surface area contributed by atoms with Crippen LogP contribution in [-0.2, 0) is 4.74 Å². The Hall–Kier alpha value is -2.74. The Bertz CT molecular complexity index is 969. The van der Waals surface area contributed by atoms with E-state index in [1.807, 2.05) is 18.2 Å².